The second-order valence-corrected chi connectivity index (χ2v) is 9.93. The van der Waals surface area contributed by atoms with Crippen LogP contribution < -0.4 is 10.5 Å². The first-order valence-corrected chi connectivity index (χ1v) is 11.6. The summed E-state index contributed by atoms with van der Waals surface area (Å²) >= 11 is 1.64. The van der Waals surface area contributed by atoms with Crippen LogP contribution in [0.5, 0.6) is 0 Å². The molecular weight excluding hydrogens is 370 g/mol. The van der Waals surface area contributed by atoms with Crippen LogP contribution in [0, 0.1) is 5.92 Å². The Morgan fingerprint density at radius 3 is 2.77 bits per heavy atom. The fourth-order valence-electron chi connectivity index (χ4n) is 4.12. The van der Waals surface area contributed by atoms with Crippen molar-refractivity contribution in [3.05, 3.63) is 16.8 Å². The summed E-state index contributed by atoms with van der Waals surface area (Å²) in [5.41, 5.74) is 1.01. The molecule has 9 heteroatoms. The van der Waals surface area contributed by atoms with Crippen LogP contribution in [0.25, 0.3) is 10.2 Å². The van der Waals surface area contributed by atoms with Gasteiger partial charge in [0.25, 0.3) is 10.2 Å². The van der Waals surface area contributed by atoms with Crippen molar-refractivity contribution in [1.29, 1.82) is 0 Å². The predicted molar refractivity (Wildman–Crippen MR) is 104 cm³/mol. The molecule has 0 radical (unpaired) electrons. The topological polar surface area (TPSA) is 101 Å². The Kier molecular flexibility index (Phi) is 4.89. The van der Waals surface area contributed by atoms with Crippen LogP contribution in [0.15, 0.2) is 6.33 Å². The Balaban J connectivity index is 1.64. The molecule has 26 heavy (non-hydrogen) atoms. The van der Waals surface area contributed by atoms with E-state index in [0.29, 0.717) is 25.6 Å². The molecular formula is C17H25N5O2S2. The van der Waals surface area contributed by atoms with Gasteiger partial charge in [0.2, 0.25) is 0 Å². The number of nitrogens with zero attached hydrogens (tertiary/aromatic N) is 3. The van der Waals surface area contributed by atoms with Crippen LogP contribution in [0.4, 0.5) is 5.82 Å². The average Bonchev–Trinajstić information content (AvgIpc) is 3.00. The van der Waals surface area contributed by atoms with E-state index in [1.165, 1.54) is 28.4 Å². The summed E-state index contributed by atoms with van der Waals surface area (Å²) in [5.74, 6) is 1.68. The highest BCUT2D eigenvalue weighted by Crippen LogP contribution is 2.38. The Bertz CT molecular complexity index is 903. The molecule has 4 rings (SSSR count). The minimum absolute atomic E-state index is 0.304. The van der Waals surface area contributed by atoms with Gasteiger partial charge in [-0.1, -0.05) is 13.3 Å². The van der Waals surface area contributed by atoms with Crippen LogP contribution in [0.3, 0.4) is 0 Å². The number of anilines is 1. The van der Waals surface area contributed by atoms with Gasteiger partial charge in [-0.3, -0.25) is 0 Å². The number of aromatic nitrogens is 2. The van der Waals surface area contributed by atoms with Gasteiger partial charge in [-0.2, -0.15) is 12.7 Å². The molecule has 0 saturated heterocycles. The van der Waals surface area contributed by atoms with Gasteiger partial charge in [-0.15, -0.1) is 11.3 Å². The SMILES string of the molecule is CCC1CCC(Nc2ncnc3sc4c(c23)CN(S(N)(=O)=O)CC4)CC1. The Hall–Kier alpha value is -1.29. The summed E-state index contributed by atoms with van der Waals surface area (Å²) in [6.07, 6.45) is 8.34. The van der Waals surface area contributed by atoms with Gasteiger partial charge in [0.15, 0.2) is 0 Å². The molecule has 7 nitrogen and oxygen atoms in total. The summed E-state index contributed by atoms with van der Waals surface area (Å²) < 4.78 is 24.9. The number of thiophene rings is 1. The molecule has 1 saturated carbocycles. The molecule has 2 aromatic heterocycles. The number of nitrogens with one attached hydrogen (secondary N) is 1. The van der Waals surface area contributed by atoms with Crippen molar-refractivity contribution >= 4 is 37.6 Å². The van der Waals surface area contributed by atoms with E-state index in [1.54, 1.807) is 17.7 Å². The van der Waals surface area contributed by atoms with Crippen molar-refractivity contribution in [2.75, 3.05) is 11.9 Å². The van der Waals surface area contributed by atoms with Gasteiger partial charge in [0.05, 0.1) is 5.39 Å². The normalized spacial score (nSPS) is 24.5. The van der Waals surface area contributed by atoms with Crippen molar-refractivity contribution in [1.82, 2.24) is 14.3 Å². The molecule has 0 aromatic carbocycles. The lowest BCUT2D eigenvalue weighted by atomic mass is 9.84. The van der Waals surface area contributed by atoms with Gasteiger partial charge in [-0.25, -0.2) is 15.1 Å². The Labute approximate surface area is 158 Å². The maximum absolute atomic E-state index is 11.8. The van der Waals surface area contributed by atoms with E-state index in [4.69, 9.17) is 5.14 Å². The maximum atomic E-state index is 11.8. The highest BCUT2D eigenvalue weighted by molar-refractivity contribution is 7.86. The molecule has 1 fully saturated rings. The molecule has 1 aliphatic heterocycles. The van der Waals surface area contributed by atoms with Gasteiger partial charge in [-0.05, 0) is 43.6 Å². The average molecular weight is 396 g/mol. The molecule has 0 bridgehead atoms. The van der Waals surface area contributed by atoms with E-state index < -0.39 is 10.2 Å². The highest BCUT2D eigenvalue weighted by Gasteiger charge is 2.29. The lowest BCUT2D eigenvalue weighted by Crippen LogP contribution is -2.39. The zero-order valence-corrected chi connectivity index (χ0v) is 16.6. The van der Waals surface area contributed by atoms with Crippen molar-refractivity contribution in [3.8, 4) is 0 Å². The summed E-state index contributed by atoms with van der Waals surface area (Å²) in [6.45, 7) is 3.00. The number of rotatable bonds is 4. The van der Waals surface area contributed by atoms with E-state index in [1.807, 2.05) is 0 Å². The van der Waals surface area contributed by atoms with Crippen molar-refractivity contribution < 1.29 is 8.42 Å². The fraction of sp³-hybridized carbons (Fsp3) is 0.647. The number of hydrogen-bond donors (Lipinski definition) is 2. The standard InChI is InChI=1S/C17H25N5O2S2/c1-2-11-3-5-12(6-4-11)21-16-15-13-9-22(26(18,23)24)8-7-14(13)25-17(15)20-10-19-16/h10-12H,2-9H2,1H3,(H2,18,23,24)(H,19,20,21). The van der Waals surface area contributed by atoms with Gasteiger partial charge in [0, 0.05) is 24.0 Å². The smallest absolute Gasteiger partial charge is 0.277 e. The van der Waals surface area contributed by atoms with Gasteiger partial charge in [0.1, 0.15) is 17.0 Å². The fourth-order valence-corrected chi connectivity index (χ4v) is 5.92. The number of fused-ring (bicyclic) bond motifs is 3. The third-order valence-electron chi connectivity index (χ3n) is 5.72. The lowest BCUT2D eigenvalue weighted by Gasteiger charge is -2.29. The summed E-state index contributed by atoms with van der Waals surface area (Å²) in [4.78, 5) is 11.0. The van der Waals surface area contributed by atoms with E-state index in [-0.39, 0.29) is 0 Å². The summed E-state index contributed by atoms with van der Waals surface area (Å²) in [6, 6.07) is 0.421. The monoisotopic (exact) mass is 395 g/mol. The Morgan fingerprint density at radius 1 is 1.31 bits per heavy atom. The second-order valence-electron chi connectivity index (χ2n) is 7.30. The zero-order chi connectivity index (χ0) is 18.3. The zero-order valence-electron chi connectivity index (χ0n) is 14.9. The minimum Gasteiger partial charge on any atom is -0.367 e. The third kappa shape index (κ3) is 3.45. The number of hydrogen-bond acceptors (Lipinski definition) is 6. The van der Waals surface area contributed by atoms with E-state index in [2.05, 4.69) is 22.2 Å². The molecule has 3 N–H and O–H groups in total. The maximum Gasteiger partial charge on any atom is 0.277 e. The Morgan fingerprint density at radius 2 is 2.08 bits per heavy atom. The van der Waals surface area contributed by atoms with Crippen LogP contribution in [0.1, 0.15) is 49.5 Å². The van der Waals surface area contributed by atoms with Crippen molar-refractivity contribution in [2.24, 2.45) is 11.1 Å². The van der Waals surface area contributed by atoms with Gasteiger partial charge < -0.3 is 5.32 Å². The van der Waals surface area contributed by atoms with Gasteiger partial charge >= 0.3 is 0 Å². The lowest BCUT2D eigenvalue weighted by molar-refractivity contribution is 0.330. The summed E-state index contributed by atoms with van der Waals surface area (Å²) in [7, 11) is -3.69. The van der Waals surface area contributed by atoms with Crippen LogP contribution in [0.2, 0.25) is 0 Å². The van der Waals surface area contributed by atoms with E-state index >= 15 is 0 Å². The van der Waals surface area contributed by atoms with Crippen molar-refractivity contribution in [2.45, 2.75) is 58.0 Å². The first-order valence-electron chi connectivity index (χ1n) is 9.25. The van der Waals surface area contributed by atoms with E-state index in [0.717, 1.165) is 40.4 Å². The molecule has 2 aromatic rings. The summed E-state index contributed by atoms with van der Waals surface area (Å²) in [5, 5.41) is 9.93. The minimum atomic E-state index is -3.69. The van der Waals surface area contributed by atoms with E-state index in [9.17, 15) is 8.42 Å². The molecule has 1 aliphatic carbocycles. The molecule has 0 amide bonds. The van der Waals surface area contributed by atoms with Crippen LogP contribution >= 0.6 is 11.3 Å². The molecule has 142 valence electrons. The number of nitrogens with two attached hydrogens (primary N) is 1. The molecule has 2 aliphatic rings. The highest BCUT2D eigenvalue weighted by atomic mass is 32.2. The van der Waals surface area contributed by atoms with Crippen LogP contribution in [-0.4, -0.2) is 35.3 Å². The quantitative estimate of drug-likeness (QED) is 0.829. The van der Waals surface area contributed by atoms with Crippen molar-refractivity contribution in [3.63, 3.8) is 0 Å². The first-order chi connectivity index (χ1) is 12.5. The second kappa shape index (κ2) is 7.03. The molecule has 0 unspecified atom stereocenters. The predicted octanol–water partition coefficient (Wildman–Crippen LogP) is 2.63. The third-order valence-corrected chi connectivity index (χ3v) is 7.95. The van der Waals surface area contributed by atoms with Crippen LogP contribution in [-0.2, 0) is 23.2 Å². The molecule has 3 heterocycles. The largest absolute Gasteiger partial charge is 0.367 e. The molecule has 0 spiro atoms. The first kappa shape index (κ1) is 18.1. The molecule has 0 atom stereocenters.